The Hall–Kier alpha value is -3.72. The van der Waals surface area contributed by atoms with Crippen molar-refractivity contribution in [3.05, 3.63) is 54.6 Å². The number of rotatable bonds is 9. The zero-order valence-corrected chi connectivity index (χ0v) is 16.9. The molecule has 158 valence electrons. The Morgan fingerprint density at radius 1 is 0.900 bits per heavy atom. The first-order valence-electron chi connectivity index (χ1n) is 9.30. The van der Waals surface area contributed by atoms with Crippen LogP contribution in [0.3, 0.4) is 0 Å². The van der Waals surface area contributed by atoms with Gasteiger partial charge in [0.25, 0.3) is 0 Å². The molecule has 0 spiro atoms. The fraction of sp³-hybridized carbons (Fsp3) is 0.238. The predicted molar refractivity (Wildman–Crippen MR) is 116 cm³/mol. The summed E-state index contributed by atoms with van der Waals surface area (Å²) in [7, 11) is 1.49. The highest BCUT2D eigenvalue weighted by molar-refractivity contribution is 6.35. The molecule has 0 heterocycles. The summed E-state index contributed by atoms with van der Waals surface area (Å²) in [6.07, 6.45) is -0.0322. The SMILES string of the molecule is COCCNC(=O)C(=O)N/N=C(/C)CC(=O)Nc1ccc(Nc2ccccc2)cc1. The number of amides is 3. The van der Waals surface area contributed by atoms with Gasteiger partial charge in [-0.05, 0) is 43.3 Å². The fourth-order valence-corrected chi connectivity index (χ4v) is 2.35. The molecule has 0 aliphatic carbocycles. The molecule has 0 aliphatic rings. The normalized spacial score (nSPS) is 10.8. The third kappa shape index (κ3) is 8.11. The van der Waals surface area contributed by atoms with Crippen LogP contribution in [0.4, 0.5) is 17.1 Å². The molecule has 0 bridgehead atoms. The number of ether oxygens (including phenoxy) is 1. The second-order valence-corrected chi connectivity index (χ2v) is 6.33. The van der Waals surface area contributed by atoms with Crippen molar-refractivity contribution in [1.29, 1.82) is 0 Å². The van der Waals surface area contributed by atoms with Crippen LogP contribution in [-0.4, -0.2) is 43.7 Å². The van der Waals surface area contributed by atoms with Gasteiger partial charge in [0.2, 0.25) is 5.91 Å². The van der Waals surface area contributed by atoms with Crippen LogP contribution in [0.25, 0.3) is 0 Å². The topological polar surface area (TPSA) is 121 Å². The minimum Gasteiger partial charge on any atom is -0.383 e. The second-order valence-electron chi connectivity index (χ2n) is 6.33. The van der Waals surface area contributed by atoms with Crippen molar-refractivity contribution < 1.29 is 19.1 Å². The van der Waals surface area contributed by atoms with Crippen molar-refractivity contribution in [1.82, 2.24) is 10.7 Å². The van der Waals surface area contributed by atoms with E-state index < -0.39 is 11.8 Å². The van der Waals surface area contributed by atoms with Gasteiger partial charge in [-0.15, -0.1) is 0 Å². The molecular formula is C21H25N5O4. The van der Waals surface area contributed by atoms with E-state index in [-0.39, 0.29) is 18.9 Å². The first-order chi connectivity index (χ1) is 14.5. The summed E-state index contributed by atoms with van der Waals surface area (Å²) in [6.45, 7) is 2.09. The van der Waals surface area contributed by atoms with Crippen LogP contribution in [0.15, 0.2) is 59.7 Å². The molecular weight excluding hydrogens is 386 g/mol. The lowest BCUT2D eigenvalue weighted by Crippen LogP contribution is -2.39. The number of nitrogens with one attached hydrogen (secondary N) is 4. The van der Waals surface area contributed by atoms with Gasteiger partial charge in [0.1, 0.15) is 0 Å². The van der Waals surface area contributed by atoms with Gasteiger partial charge >= 0.3 is 11.8 Å². The van der Waals surface area contributed by atoms with E-state index in [2.05, 4.69) is 26.5 Å². The van der Waals surface area contributed by atoms with E-state index in [4.69, 9.17) is 4.74 Å². The summed E-state index contributed by atoms with van der Waals surface area (Å²) >= 11 is 0. The quantitative estimate of drug-likeness (QED) is 0.218. The average molecular weight is 411 g/mol. The largest absolute Gasteiger partial charge is 0.383 e. The van der Waals surface area contributed by atoms with Crippen molar-refractivity contribution in [2.24, 2.45) is 5.10 Å². The molecule has 2 rings (SSSR count). The average Bonchev–Trinajstić information content (AvgIpc) is 2.74. The van der Waals surface area contributed by atoms with E-state index in [1.807, 2.05) is 42.5 Å². The molecule has 2 aromatic rings. The van der Waals surface area contributed by atoms with Crippen molar-refractivity contribution >= 4 is 40.5 Å². The first-order valence-corrected chi connectivity index (χ1v) is 9.30. The lowest BCUT2D eigenvalue weighted by molar-refractivity contribution is -0.139. The van der Waals surface area contributed by atoms with E-state index >= 15 is 0 Å². The van der Waals surface area contributed by atoms with Gasteiger partial charge < -0.3 is 20.7 Å². The molecule has 0 fully saturated rings. The van der Waals surface area contributed by atoms with Gasteiger partial charge in [0.15, 0.2) is 0 Å². The monoisotopic (exact) mass is 411 g/mol. The lowest BCUT2D eigenvalue weighted by atomic mass is 10.2. The van der Waals surface area contributed by atoms with Crippen molar-refractivity contribution in [2.75, 3.05) is 30.9 Å². The Kier molecular flexibility index (Phi) is 9.01. The maximum absolute atomic E-state index is 12.1. The van der Waals surface area contributed by atoms with Crippen molar-refractivity contribution in [2.45, 2.75) is 13.3 Å². The molecule has 0 aromatic heterocycles. The van der Waals surface area contributed by atoms with E-state index in [1.165, 1.54) is 7.11 Å². The zero-order chi connectivity index (χ0) is 21.8. The highest BCUT2D eigenvalue weighted by Gasteiger charge is 2.12. The molecule has 0 saturated heterocycles. The standard InChI is InChI=1S/C21H25N5O4/c1-15(25-26-21(29)20(28)22-12-13-30-2)14-19(27)24-18-10-8-17(9-11-18)23-16-6-4-3-5-7-16/h3-11,23H,12-14H2,1-2H3,(H,22,28)(H,24,27)(H,26,29)/b25-15-. The predicted octanol–water partition coefficient (Wildman–Crippen LogP) is 2.01. The summed E-state index contributed by atoms with van der Waals surface area (Å²) < 4.78 is 4.77. The van der Waals surface area contributed by atoms with Crippen molar-refractivity contribution in [3.63, 3.8) is 0 Å². The van der Waals surface area contributed by atoms with Crippen LogP contribution in [0.2, 0.25) is 0 Å². The number of carbonyl (C=O) groups is 3. The van der Waals surface area contributed by atoms with Crippen LogP contribution in [-0.2, 0) is 19.1 Å². The molecule has 0 atom stereocenters. The Balaban J connectivity index is 1.78. The molecule has 0 aliphatic heterocycles. The smallest absolute Gasteiger partial charge is 0.329 e. The van der Waals surface area contributed by atoms with Crippen LogP contribution in [0.1, 0.15) is 13.3 Å². The number of hydrogen-bond donors (Lipinski definition) is 4. The molecule has 0 saturated carbocycles. The van der Waals surface area contributed by atoms with Crippen molar-refractivity contribution in [3.8, 4) is 0 Å². The molecule has 3 amide bonds. The number of nitrogens with zero attached hydrogens (tertiary/aromatic N) is 1. The minimum atomic E-state index is -0.910. The summed E-state index contributed by atoms with van der Waals surface area (Å²) in [4.78, 5) is 35.2. The highest BCUT2D eigenvalue weighted by atomic mass is 16.5. The minimum absolute atomic E-state index is 0.0322. The summed E-state index contributed by atoms with van der Waals surface area (Å²) in [5.41, 5.74) is 4.96. The molecule has 2 aromatic carbocycles. The number of anilines is 3. The Morgan fingerprint density at radius 2 is 1.53 bits per heavy atom. The third-order valence-corrected chi connectivity index (χ3v) is 3.79. The summed E-state index contributed by atoms with van der Waals surface area (Å²) in [6, 6.07) is 17.0. The second kappa shape index (κ2) is 12.0. The van der Waals surface area contributed by atoms with E-state index in [1.54, 1.807) is 19.1 Å². The van der Waals surface area contributed by atoms with Gasteiger partial charge in [-0.25, -0.2) is 5.43 Å². The van der Waals surface area contributed by atoms with Gasteiger partial charge in [0.05, 0.1) is 13.0 Å². The van der Waals surface area contributed by atoms with Crippen LogP contribution >= 0.6 is 0 Å². The first kappa shape index (κ1) is 22.6. The molecule has 30 heavy (non-hydrogen) atoms. The molecule has 9 nitrogen and oxygen atoms in total. The maximum Gasteiger partial charge on any atom is 0.329 e. The zero-order valence-electron chi connectivity index (χ0n) is 16.9. The van der Waals surface area contributed by atoms with Crippen LogP contribution < -0.4 is 21.4 Å². The Labute approximate surface area is 174 Å². The number of hydrogen-bond acceptors (Lipinski definition) is 6. The fourth-order valence-electron chi connectivity index (χ4n) is 2.35. The summed E-state index contributed by atoms with van der Waals surface area (Å²) in [5.74, 6) is -2.02. The number of benzene rings is 2. The van der Waals surface area contributed by atoms with Crippen LogP contribution in [0.5, 0.6) is 0 Å². The highest BCUT2D eigenvalue weighted by Crippen LogP contribution is 2.18. The Bertz CT molecular complexity index is 882. The molecule has 0 unspecified atom stereocenters. The van der Waals surface area contributed by atoms with E-state index in [0.29, 0.717) is 18.0 Å². The number of carbonyl (C=O) groups excluding carboxylic acids is 3. The van der Waals surface area contributed by atoms with E-state index in [9.17, 15) is 14.4 Å². The van der Waals surface area contributed by atoms with Gasteiger partial charge in [-0.2, -0.15) is 5.10 Å². The number of hydrazone groups is 1. The molecule has 4 N–H and O–H groups in total. The third-order valence-electron chi connectivity index (χ3n) is 3.79. The van der Waals surface area contributed by atoms with Gasteiger partial charge in [-0.1, -0.05) is 18.2 Å². The summed E-state index contributed by atoms with van der Waals surface area (Å²) in [5, 5.41) is 12.2. The van der Waals surface area contributed by atoms with Gasteiger partial charge in [-0.3, -0.25) is 14.4 Å². The molecule has 0 radical (unpaired) electrons. The number of para-hydroxylation sites is 1. The Morgan fingerprint density at radius 3 is 2.20 bits per heavy atom. The van der Waals surface area contributed by atoms with Gasteiger partial charge in [0, 0.05) is 36.4 Å². The lowest BCUT2D eigenvalue weighted by Gasteiger charge is -2.09. The molecule has 9 heteroatoms. The maximum atomic E-state index is 12.1. The van der Waals surface area contributed by atoms with Crippen LogP contribution in [0, 0.1) is 0 Å². The van der Waals surface area contributed by atoms with E-state index in [0.717, 1.165) is 11.4 Å². The number of methoxy groups -OCH3 is 1.